The smallest absolute Gasteiger partial charge is 0.307 e. The molecule has 1 amide bonds. The molecule has 2 N–H and O–H groups in total. The summed E-state index contributed by atoms with van der Waals surface area (Å²) in [5, 5.41) is 12.1. The average Bonchev–Trinajstić information content (AvgIpc) is 2.98. The van der Waals surface area contributed by atoms with Gasteiger partial charge in [-0.25, -0.2) is 9.97 Å². The van der Waals surface area contributed by atoms with E-state index in [9.17, 15) is 14.7 Å². The van der Waals surface area contributed by atoms with Gasteiger partial charge in [-0.3, -0.25) is 14.9 Å². The van der Waals surface area contributed by atoms with Gasteiger partial charge in [0.15, 0.2) is 0 Å². The number of carboxylic acid groups (broad SMARTS) is 1. The van der Waals surface area contributed by atoms with E-state index in [4.69, 9.17) is 11.6 Å². The summed E-state index contributed by atoms with van der Waals surface area (Å²) in [4.78, 5) is 31.4. The largest absolute Gasteiger partial charge is 0.481 e. The summed E-state index contributed by atoms with van der Waals surface area (Å²) in [7, 11) is 0. The average molecular weight is 294 g/mol. The predicted molar refractivity (Wildman–Crippen MR) is 71.0 cm³/mol. The molecule has 7 heteroatoms. The zero-order valence-electron chi connectivity index (χ0n) is 10.4. The maximum Gasteiger partial charge on any atom is 0.307 e. The lowest BCUT2D eigenvalue weighted by Crippen LogP contribution is -2.36. The number of aromatic nitrogens is 2. The number of nitrogens with zero attached hydrogens (tertiary/aromatic N) is 2. The van der Waals surface area contributed by atoms with Gasteiger partial charge in [-0.1, -0.05) is 23.8 Å². The van der Waals surface area contributed by atoms with Gasteiger partial charge in [-0.05, 0) is 24.3 Å². The molecule has 0 aromatic carbocycles. The van der Waals surface area contributed by atoms with Crippen LogP contribution in [0.25, 0.3) is 0 Å². The fourth-order valence-corrected chi connectivity index (χ4v) is 3.24. The van der Waals surface area contributed by atoms with Crippen LogP contribution in [-0.4, -0.2) is 27.0 Å². The lowest BCUT2D eigenvalue weighted by Gasteiger charge is -2.23. The summed E-state index contributed by atoms with van der Waals surface area (Å²) in [5.41, 5.74) is 0. The quantitative estimate of drug-likeness (QED) is 0.652. The minimum absolute atomic E-state index is 0.0275. The van der Waals surface area contributed by atoms with Gasteiger partial charge in [0, 0.05) is 6.20 Å². The molecule has 20 heavy (non-hydrogen) atoms. The van der Waals surface area contributed by atoms with Crippen molar-refractivity contribution in [2.24, 2.45) is 23.7 Å². The number of aliphatic carboxylic acids is 1. The standard InChI is InChI=1S/C13H12ClN3O3/c14-8-3-4-15-13(16-8)17-11(18)9-6-1-2-7(5-6)10(9)12(19)20/h1-4,6-7,9-10H,5H2,(H,19,20)(H,15,16,17,18)/t6?,7?,9-,10+/m0/s1. The molecule has 2 unspecified atom stereocenters. The van der Waals surface area contributed by atoms with Gasteiger partial charge in [0.25, 0.3) is 0 Å². The van der Waals surface area contributed by atoms with Crippen LogP contribution in [0.15, 0.2) is 24.4 Å². The van der Waals surface area contributed by atoms with Crippen LogP contribution in [-0.2, 0) is 9.59 Å². The fraction of sp³-hybridized carbons (Fsp3) is 0.385. The Balaban J connectivity index is 1.80. The number of allylic oxidation sites excluding steroid dienone is 2. The second kappa shape index (κ2) is 4.86. The Hall–Kier alpha value is -1.95. The summed E-state index contributed by atoms with van der Waals surface area (Å²) in [5.74, 6) is -2.55. The third kappa shape index (κ3) is 2.16. The van der Waals surface area contributed by atoms with E-state index in [0.717, 1.165) is 0 Å². The Morgan fingerprint density at radius 1 is 1.30 bits per heavy atom. The van der Waals surface area contributed by atoms with Gasteiger partial charge in [0.1, 0.15) is 5.15 Å². The first-order valence-corrected chi connectivity index (χ1v) is 6.64. The molecule has 3 rings (SSSR count). The second-order valence-corrected chi connectivity index (χ2v) is 5.42. The van der Waals surface area contributed by atoms with Crippen LogP contribution < -0.4 is 5.32 Å². The number of halogens is 1. The van der Waals surface area contributed by atoms with E-state index in [1.165, 1.54) is 12.3 Å². The van der Waals surface area contributed by atoms with Crippen LogP contribution in [0.2, 0.25) is 5.15 Å². The summed E-state index contributed by atoms with van der Waals surface area (Å²) >= 11 is 5.72. The van der Waals surface area contributed by atoms with E-state index < -0.39 is 17.8 Å². The van der Waals surface area contributed by atoms with Crippen LogP contribution in [0.4, 0.5) is 5.95 Å². The van der Waals surface area contributed by atoms with Gasteiger partial charge in [0.05, 0.1) is 11.8 Å². The van der Waals surface area contributed by atoms with Gasteiger partial charge >= 0.3 is 5.97 Å². The lowest BCUT2D eigenvalue weighted by atomic mass is 9.82. The van der Waals surface area contributed by atoms with Crippen molar-refractivity contribution < 1.29 is 14.7 Å². The topological polar surface area (TPSA) is 92.2 Å². The highest BCUT2D eigenvalue weighted by Gasteiger charge is 2.51. The van der Waals surface area contributed by atoms with Crippen molar-refractivity contribution in [2.45, 2.75) is 6.42 Å². The number of nitrogens with one attached hydrogen (secondary N) is 1. The van der Waals surface area contributed by atoms with E-state index in [1.807, 2.05) is 12.2 Å². The van der Waals surface area contributed by atoms with Crippen LogP contribution in [0.3, 0.4) is 0 Å². The van der Waals surface area contributed by atoms with Crippen LogP contribution in [0.1, 0.15) is 6.42 Å². The molecule has 0 radical (unpaired) electrons. The number of carbonyl (C=O) groups is 2. The highest BCUT2D eigenvalue weighted by molar-refractivity contribution is 6.29. The van der Waals surface area contributed by atoms with Crippen molar-refractivity contribution in [1.82, 2.24) is 9.97 Å². The summed E-state index contributed by atoms with van der Waals surface area (Å²) in [6, 6.07) is 1.50. The van der Waals surface area contributed by atoms with Crippen molar-refractivity contribution in [3.8, 4) is 0 Å². The highest BCUT2D eigenvalue weighted by atomic mass is 35.5. The first-order valence-electron chi connectivity index (χ1n) is 6.27. The number of rotatable bonds is 3. The molecule has 2 aliphatic rings. The molecule has 1 fully saturated rings. The number of anilines is 1. The minimum Gasteiger partial charge on any atom is -0.481 e. The van der Waals surface area contributed by atoms with Gasteiger partial charge < -0.3 is 5.11 Å². The number of fused-ring (bicyclic) bond motifs is 2. The van der Waals surface area contributed by atoms with Crippen molar-refractivity contribution in [1.29, 1.82) is 0 Å². The normalized spacial score (nSPS) is 30.4. The monoisotopic (exact) mass is 293 g/mol. The van der Waals surface area contributed by atoms with E-state index in [1.54, 1.807) is 0 Å². The molecule has 0 saturated heterocycles. The summed E-state index contributed by atoms with van der Waals surface area (Å²) in [6.45, 7) is 0. The number of carboxylic acids is 1. The number of carbonyl (C=O) groups excluding carboxylic acids is 1. The predicted octanol–water partition coefficient (Wildman–Crippen LogP) is 1.59. The van der Waals surface area contributed by atoms with Crippen molar-refractivity contribution in [3.05, 3.63) is 29.6 Å². The molecule has 6 nitrogen and oxygen atoms in total. The third-order valence-corrected chi connectivity index (χ3v) is 4.11. The molecule has 2 aliphatic carbocycles. The Kier molecular flexibility index (Phi) is 3.17. The number of amides is 1. The molecule has 4 atom stereocenters. The molecule has 0 aliphatic heterocycles. The lowest BCUT2D eigenvalue weighted by molar-refractivity contribution is -0.146. The van der Waals surface area contributed by atoms with E-state index >= 15 is 0 Å². The van der Waals surface area contributed by atoms with Gasteiger partial charge in [-0.2, -0.15) is 0 Å². The zero-order chi connectivity index (χ0) is 14.3. The first kappa shape index (κ1) is 13.1. The molecule has 0 spiro atoms. The summed E-state index contributed by atoms with van der Waals surface area (Å²) in [6.07, 6.45) is 5.96. The highest BCUT2D eigenvalue weighted by Crippen LogP contribution is 2.48. The molecular weight excluding hydrogens is 282 g/mol. The number of hydrogen-bond donors (Lipinski definition) is 2. The van der Waals surface area contributed by atoms with Crippen LogP contribution in [0, 0.1) is 23.7 Å². The third-order valence-electron chi connectivity index (χ3n) is 3.90. The van der Waals surface area contributed by atoms with Crippen molar-refractivity contribution in [2.75, 3.05) is 5.32 Å². The Labute approximate surface area is 119 Å². The van der Waals surface area contributed by atoms with E-state index in [-0.39, 0.29) is 28.8 Å². The Bertz CT molecular complexity index is 604. The molecule has 1 saturated carbocycles. The molecule has 1 heterocycles. The zero-order valence-corrected chi connectivity index (χ0v) is 11.1. The summed E-state index contributed by atoms with van der Waals surface area (Å²) < 4.78 is 0. The van der Waals surface area contributed by atoms with Crippen LogP contribution >= 0.6 is 11.6 Å². The molecule has 2 bridgehead atoms. The maximum absolute atomic E-state index is 12.3. The fourth-order valence-electron chi connectivity index (χ4n) is 3.11. The van der Waals surface area contributed by atoms with E-state index in [0.29, 0.717) is 6.42 Å². The van der Waals surface area contributed by atoms with Gasteiger partial charge in [-0.15, -0.1) is 0 Å². The first-order chi connectivity index (χ1) is 9.56. The van der Waals surface area contributed by atoms with Crippen molar-refractivity contribution in [3.63, 3.8) is 0 Å². The maximum atomic E-state index is 12.3. The Morgan fingerprint density at radius 3 is 2.65 bits per heavy atom. The van der Waals surface area contributed by atoms with Gasteiger partial charge in [0.2, 0.25) is 11.9 Å². The van der Waals surface area contributed by atoms with Crippen LogP contribution in [0.5, 0.6) is 0 Å². The molecular formula is C13H12ClN3O3. The molecule has 1 aromatic heterocycles. The minimum atomic E-state index is -0.936. The Morgan fingerprint density at radius 2 is 2.00 bits per heavy atom. The molecule has 104 valence electrons. The SMILES string of the molecule is O=C(O)[C@@H]1C2C=CC(C2)[C@@H]1C(=O)Nc1nccc(Cl)n1. The van der Waals surface area contributed by atoms with Crippen molar-refractivity contribution >= 4 is 29.4 Å². The van der Waals surface area contributed by atoms with E-state index in [2.05, 4.69) is 15.3 Å². The number of hydrogen-bond acceptors (Lipinski definition) is 4. The molecule has 1 aromatic rings. The second-order valence-electron chi connectivity index (χ2n) is 5.03.